The van der Waals surface area contributed by atoms with Crippen LogP contribution in [0.4, 0.5) is 8.39 Å². The predicted octanol–water partition coefficient (Wildman–Crippen LogP) is -17.9. The van der Waals surface area contributed by atoms with Crippen molar-refractivity contribution in [2.45, 2.75) is 0 Å². The second-order valence-corrected chi connectivity index (χ2v) is 9.69. The molecule has 0 rings (SSSR count). The summed E-state index contributed by atoms with van der Waals surface area (Å²) in [6, 6.07) is 0. The van der Waals surface area contributed by atoms with Crippen LogP contribution in [0.25, 0.3) is 0 Å². The molecule has 0 aromatic heterocycles. The average molecular weight is 516 g/mol. The van der Waals surface area contributed by atoms with Crippen LogP contribution in [0.3, 0.4) is 0 Å². The quantitative estimate of drug-likeness (QED) is 0.164. The van der Waals surface area contributed by atoms with Crippen molar-refractivity contribution in [1.82, 2.24) is 0 Å². The largest absolute Gasteiger partial charge is 1.00 e. The number of hydrogen-bond acceptors (Lipinski definition) is 14. The van der Waals surface area contributed by atoms with Gasteiger partial charge in [0.05, 0.1) is 40.5 Å². The van der Waals surface area contributed by atoms with Crippen molar-refractivity contribution < 1.29 is 164 Å². The van der Waals surface area contributed by atoms with E-state index in [4.69, 9.17) is 61.3 Å². The fourth-order valence-corrected chi connectivity index (χ4v) is 0. The minimum Gasteiger partial charge on any atom is -0.749 e. The maximum atomic E-state index is 10.0. The van der Waals surface area contributed by atoms with Gasteiger partial charge in [0, 0.05) is 25.0 Å². The maximum absolute atomic E-state index is 10.0. The van der Waals surface area contributed by atoms with Gasteiger partial charge < -0.3 is 23.1 Å². The molecule has 0 radical (unpaired) electrons. The Balaban J connectivity index is -0.0000000200. The smallest absolute Gasteiger partial charge is 0.749 e. The first-order chi connectivity index (χ1) is 10.0. The van der Waals surface area contributed by atoms with Crippen molar-refractivity contribution in [3.8, 4) is 0 Å². The first-order valence-corrected chi connectivity index (χ1v) is 13.0. The molecule has 0 aromatic rings. The van der Waals surface area contributed by atoms with E-state index in [0.29, 0.717) is 25.0 Å². The third-order valence-corrected chi connectivity index (χ3v) is 0. The summed E-state index contributed by atoms with van der Waals surface area (Å²) in [6.45, 7) is 0. The molecule has 0 aliphatic heterocycles. The van der Waals surface area contributed by atoms with Gasteiger partial charge in [-0.2, -0.15) is 8.39 Å². The minimum absolute atomic E-state index is 0. The normalized spacial score (nSPS) is 9.70. The van der Waals surface area contributed by atoms with Crippen LogP contribution in [0.15, 0.2) is 0 Å². The van der Waals surface area contributed by atoms with E-state index >= 15 is 0 Å². The van der Waals surface area contributed by atoms with E-state index in [1.165, 1.54) is 0 Å². The Morgan fingerprint density at radius 2 is 0.500 bits per heavy atom. The Kier molecular flexibility index (Phi) is 59.3. The zero-order chi connectivity index (χ0) is 22.5. The molecule has 160 valence electrons. The van der Waals surface area contributed by atoms with Crippen LogP contribution in [0, 0.1) is 0 Å². The molecular formula is C4H12F2Li5O14PS4. The van der Waals surface area contributed by atoms with Crippen LogP contribution in [0.1, 0.15) is 0 Å². The molecule has 0 saturated carbocycles. The molecule has 0 atom stereocenters. The molecule has 30 heavy (non-hydrogen) atoms. The van der Waals surface area contributed by atoms with Gasteiger partial charge in [0.1, 0.15) is 0 Å². The molecule has 0 amide bonds. The summed E-state index contributed by atoms with van der Waals surface area (Å²) in [5.74, 6) is 0. The van der Waals surface area contributed by atoms with E-state index in [9.17, 15) is 8.39 Å². The molecule has 0 bridgehead atoms. The van der Waals surface area contributed by atoms with E-state index in [-0.39, 0.29) is 94.3 Å². The number of rotatable bonds is 0. The first-order valence-electron chi connectivity index (χ1n) is 4.34. The van der Waals surface area contributed by atoms with Gasteiger partial charge in [-0.15, -0.1) is 0 Å². The van der Waals surface area contributed by atoms with Gasteiger partial charge in [-0.3, -0.25) is 4.57 Å². The van der Waals surface area contributed by atoms with Crippen molar-refractivity contribution in [1.29, 1.82) is 0 Å². The third kappa shape index (κ3) is 3770. The van der Waals surface area contributed by atoms with Crippen molar-refractivity contribution in [2.75, 3.05) is 25.0 Å². The molecule has 0 spiro atoms. The van der Waals surface area contributed by atoms with Gasteiger partial charge in [-0.1, -0.05) is 0 Å². The molecule has 0 fully saturated rings. The van der Waals surface area contributed by atoms with Crippen molar-refractivity contribution >= 4 is 48.5 Å². The Morgan fingerprint density at radius 1 is 0.500 bits per heavy atom. The SMILES string of the molecule is CS(=O)(=O)[O-].CS(=O)(=O)[O-].CS(=O)(=O)[O-].CS(=O)(=O)[O-].O=P([O-])(F)F.[Li+].[Li+].[Li+].[Li+].[Li+]. The predicted molar refractivity (Wildman–Crippen MR) is 72.3 cm³/mol. The van der Waals surface area contributed by atoms with Crippen LogP contribution in [0.2, 0.25) is 0 Å². The summed E-state index contributed by atoms with van der Waals surface area (Å²) in [5.41, 5.74) is 0. The van der Waals surface area contributed by atoms with Crippen LogP contribution >= 0.6 is 7.99 Å². The van der Waals surface area contributed by atoms with Crippen molar-refractivity contribution in [3.05, 3.63) is 0 Å². The Morgan fingerprint density at radius 3 is 0.500 bits per heavy atom. The van der Waals surface area contributed by atoms with Crippen LogP contribution in [-0.2, 0) is 45.0 Å². The van der Waals surface area contributed by atoms with Crippen molar-refractivity contribution in [3.63, 3.8) is 0 Å². The zero-order valence-electron chi connectivity index (χ0n) is 17.6. The van der Waals surface area contributed by atoms with Crippen LogP contribution in [0.5, 0.6) is 0 Å². The summed E-state index contributed by atoms with van der Waals surface area (Å²) in [7, 11) is -21.6. The van der Waals surface area contributed by atoms with Gasteiger partial charge in [0.25, 0.3) is 0 Å². The first kappa shape index (κ1) is 63.8. The fraction of sp³-hybridized carbons (Fsp3) is 1.00. The Bertz CT molecular complexity index is 646. The molecule has 0 unspecified atom stereocenters. The van der Waals surface area contributed by atoms with E-state index in [2.05, 4.69) is 0 Å². The summed E-state index contributed by atoms with van der Waals surface area (Å²) < 4.78 is 137. The van der Waals surface area contributed by atoms with E-state index in [0.717, 1.165) is 0 Å². The minimum atomic E-state index is -5.89. The van der Waals surface area contributed by atoms with Gasteiger partial charge in [0.15, 0.2) is 0 Å². The Labute approximate surface area is 235 Å². The Hall–Kier alpha value is 2.68. The van der Waals surface area contributed by atoms with E-state index in [1.54, 1.807) is 0 Å². The molecule has 0 aliphatic rings. The molecule has 0 aliphatic carbocycles. The van der Waals surface area contributed by atoms with Crippen LogP contribution < -0.4 is 99.2 Å². The van der Waals surface area contributed by atoms with Crippen molar-refractivity contribution in [2.24, 2.45) is 0 Å². The standard InChI is InChI=1S/4CH4O3S.F2HO2P.5Li/c5*1-5(2,3)4;;;;;/h4*1H3,(H,2,3,4);(H,3,4);;;;;/q;;;;;5*+1/p-5. The third-order valence-electron chi connectivity index (χ3n) is 0. The molecule has 0 saturated heterocycles. The maximum Gasteiger partial charge on any atom is 1.00 e. The molecule has 26 heteroatoms. The van der Waals surface area contributed by atoms with Gasteiger partial charge in [-0.05, 0) is 0 Å². The van der Waals surface area contributed by atoms with E-state index in [1.807, 2.05) is 0 Å². The van der Waals surface area contributed by atoms with Gasteiger partial charge >= 0.3 is 102 Å². The summed E-state index contributed by atoms with van der Waals surface area (Å²) in [4.78, 5) is 8.33. The molecular weight excluding hydrogens is 504 g/mol. The van der Waals surface area contributed by atoms with Gasteiger partial charge in [-0.25, -0.2) is 33.7 Å². The summed E-state index contributed by atoms with van der Waals surface area (Å²) >= 11 is 0. The fourth-order valence-electron chi connectivity index (χ4n) is 0. The zero-order valence-corrected chi connectivity index (χ0v) is 21.7. The second-order valence-electron chi connectivity index (χ2n) is 3.23. The molecule has 14 nitrogen and oxygen atoms in total. The average Bonchev–Trinajstić information content (AvgIpc) is 1.79. The number of hydrogen-bond donors (Lipinski definition) is 0. The van der Waals surface area contributed by atoms with Crippen LogP contribution in [-0.4, -0.2) is 76.9 Å². The summed E-state index contributed by atoms with van der Waals surface area (Å²) in [6.07, 6.45) is 2.42. The summed E-state index contributed by atoms with van der Waals surface area (Å²) in [5, 5.41) is 0. The number of halogens is 2. The topological polar surface area (TPSA) is 269 Å². The monoisotopic (exact) mass is 516 g/mol. The van der Waals surface area contributed by atoms with E-state index < -0.39 is 48.5 Å². The second kappa shape index (κ2) is 27.9. The molecule has 0 heterocycles. The van der Waals surface area contributed by atoms with Gasteiger partial charge in [0.2, 0.25) is 0 Å². The molecule has 0 aromatic carbocycles. The molecule has 0 N–H and O–H groups in total.